The lowest BCUT2D eigenvalue weighted by atomic mass is 9.98. The maximum Gasteiger partial charge on any atom is 0.254 e. The quantitative estimate of drug-likeness (QED) is 0.810. The normalized spacial score (nSPS) is 14.3. The zero-order valence-corrected chi connectivity index (χ0v) is 12.0. The SMILES string of the molecule is CC(C)NC(=O)CCN1CCc2ccc(N)cc2C1=O. The maximum absolute atomic E-state index is 12.3. The zero-order chi connectivity index (χ0) is 14.7. The van der Waals surface area contributed by atoms with Crippen molar-refractivity contribution >= 4 is 17.5 Å². The van der Waals surface area contributed by atoms with Crippen molar-refractivity contribution in [1.82, 2.24) is 10.2 Å². The summed E-state index contributed by atoms with van der Waals surface area (Å²) in [6.45, 7) is 4.95. The van der Waals surface area contributed by atoms with E-state index in [2.05, 4.69) is 5.32 Å². The fourth-order valence-electron chi connectivity index (χ4n) is 2.38. The fourth-order valence-corrected chi connectivity index (χ4v) is 2.38. The van der Waals surface area contributed by atoms with Crippen LogP contribution in [0, 0.1) is 0 Å². The number of nitrogen functional groups attached to an aromatic ring is 1. The Morgan fingerprint density at radius 2 is 2.20 bits per heavy atom. The van der Waals surface area contributed by atoms with Gasteiger partial charge in [0.05, 0.1) is 0 Å². The van der Waals surface area contributed by atoms with Gasteiger partial charge in [0.2, 0.25) is 5.91 Å². The Hall–Kier alpha value is -2.04. The highest BCUT2D eigenvalue weighted by molar-refractivity contribution is 5.97. The lowest BCUT2D eigenvalue weighted by Crippen LogP contribution is -2.40. The van der Waals surface area contributed by atoms with Gasteiger partial charge in [0, 0.05) is 36.8 Å². The average molecular weight is 275 g/mol. The summed E-state index contributed by atoms with van der Waals surface area (Å²) >= 11 is 0. The minimum atomic E-state index is -0.0316. The van der Waals surface area contributed by atoms with Crippen LogP contribution in [0.4, 0.5) is 5.69 Å². The van der Waals surface area contributed by atoms with Gasteiger partial charge in [0.1, 0.15) is 0 Å². The van der Waals surface area contributed by atoms with Crippen LogP contribution in [0.5, 0.6) is 0 Å². The minimum Gasteiger partial charge on any atom is -0.399 e. The van der Waals surface area contributed by atoms with E-state index in [4.69, 9.17) is 5.73 Å². The van der Waals surface area contributed by atoms with Crippen LogP contribution in [0.1, 0.15) is 36.2 Å². The Labute approximate surface area is 119 Å². The van der Waals surface area contributed by atoms with Gasteiger partial charge in [-0.05, 0) is 38.0 Å². The monoisotopic (exact) mass is 275 g/mol. The van der Waals surface area contributed by atoms with Crippen LogP contribution >= 0.6 is 0 Å². The number of rotatable bonds is 4. The van der Waals surface area contributed by atoms with E-state index in [9.17, 15) is 9.59 Å². The summed E-state index contributed by atoms with van der Waals surface area (Å²) in [7, 11) is 0. The molecule has 5 nitrogen and oxygen atoms in total. The standard InChI is InChI=1S/C15H21N3O2/c1-10(2)17-14(19)6-8-18-7-5-11-3-4-12(16)9-13(11)15(18)20/h3-4,9-10H,5-8,16H2,1-2H3,(H,17,19). The van der Waals surface area contributed by atoms with Crippen molar-refractivity contribution in [1.29, 1.82) is 0 Å². The summed E-state index contributed by atoms with van der Waals surface area (Å²) in [5.41, 5.74) is 8.03. The molecule has 2 rings (SSSR count). The molecule has 0 aromatic heterocycles. The number of amides is 2. The lowest BCUT2D eigenvalue weighted by Gasteiger charge is -2.28. The van der Waals surface area contributed by atoms with E-state index >= 15 is 0 Å². The lowest BCUT2D eigenvalue weighted by molar-refractivity contribution is -0.121. The Morgan fingerprint density at radius 3 is 2.90 bits per heavy atom. The summed E-state index contributed by atoms with van der Waals surface area (Å²) in [6.07, 6.45) is 1.15. The minimum absolute atomic E-state index is 0.0221. The molecule has 1 heterocycles. The molecule has 20 heavy (non-hydrogen) atoms. The molecule has 0 atom stereocenters. The maximum atomic E-state index is 12.3. The van der Waals surface area contributed by atoms with Gasteiger partial charge in [0.15, 0.2) is 0 Å². The third-order valence-electron chi connectivity index (χ3n) is 3.36. The number of hydrogen-bond donors (Lipinski definition) is 2. The van der Waals surface area contributed by atoms with E-state index in [1.54, 1.807) is 11.0 Å². The molecule has 2 amide bonds. The first-order valence-corrected chi connectivity index (χ1v) is 6.94. The molecule has 0 saturated heterocycles. The highest BCUT2D eigenvalue weighted by atomic mass is 16.2. The van der Waals surface area contributed by atoms with Crippen LogP contribution in [-0.2, 0) is 11.2 Å². The molecule has 1 aliphatic rings. The number of hydrogen-bond acceptors (Lipinski definition) is 3. The first-order chi connectivity index (χ1) is 9.47. The molecule has 0 aliphatic carbocycles. The number of nitrogens with two attached hydrogens (primary N) is 1. The van der Waals surface area contributed by atoms with E-state index in [1.807, 2.05) is 26.0 Å². The molecule has 0 bridgehead atoms. The number of carbonyl (C=O) groups excluding carboxylic acids is 2. The largest absolute Gasteiger partial charge is 0.399 e. The molecule has 0 radical (unpaired) electrons. The predicted molar refractivity (Wildman–Crippen MR) is 78.4 cm³/mol. The van der Waals surface area contributed by atoms with Gasteiger partial charge in [-0.1, -0.05) is 6.07 Å². The van der Waals surface area contributed by atoms with E-state index in [-0.39, 0.29) is 17.9 Å². The van der Waals surface area contributed by atoms with Crippen molar-refractivity contribution in [3.8, 4) is 0 Å². The smallest absolute Gasteiger partial charge is 0.254 e. The molecular weight excluding hydrogens is 254 g/mol. The number of fused-ring (bicyclic) bond motifs is 1. The van der Waals surface area contributed by atoms with E-state index in [0.717, 1.165) is 12.0 Å². The highest BCUT2D eigenvalue weighted by Crippen LogP contribution is 2.21. The Kier molecular flexibility index (Phi) is 4.27. The second-order valence-corrected chi connectivity index (χ2v) is 5.43. The number of nitrogens with one attached hydrogen (secondary N) is 1. The Balaban J connectivity index is 1.99. The summed E-state index contributed by atoms with van der Waals surface area (Å²) in [4.78, 5) is 25.7. The van der Waals surface area contributed by atoms with Crippen LogP contribution in [0.15, 0.2) is 18.2 Å². The summed E-state index contributed by atoms with van der Waals surface area (Å²) in [5, 5.41) is 2.83. The Morgan fingerprint density at radius 1 is 1.45 bits per heavy atom. The van der Waals surface area contributed by atoms with Crippen molar-refractivity contribution in [2.45, 2.75) is 32.7 Å². The van der Waals surface area contributed by atoms with E-state index in [0.29, 0.717) is 30.8 Å². The summed E-state index contributed by atoms with van der Waals surface area (Å²) < 4.78 is 0. The van der Waals surface area contributed by atoms with Crippen molar-refractivity contribution in [2.75, 3.05) is 18.8 Å². The first-order valence-electron chi connectivity index (χ1n) is 6.94. The molecule has 0 saturated carbocycles. The molecule has 108 valence electrons. The van der Waals surface area contributed by atoms with Gasteiger partial charge in [-0.2, -0.15) is 0 Å². The second-order valence-electron chi connectivity index (χ2n) is 5.43. The third kappa shape index (κ3) is 3.29. The number of nitrogens with zero attached hydrogens (tertiary/aromatic N) is 1. The summed E-state index contributed by atoms with van der Waals surface area (Å²) in [6, 6.07) is 5.57. The highest BCUT2D eigenvalue weighted by Gasteiger charge is 2.24. The van der Waals surface area contributed by atoms with Crippen molar-refractivity contribution in [3.63, 3.8) is 0 Å². The number of carbonyl (C=O) groups is 2. The molecule has 0 unspecified atom stereocenters. The fraction of sp³-hybridized carbons (Fsp3) is 0.467. The topological polar surface area (TPSA) is 75.4 Å². The number of benzene rings is 1. The predicted octanol–water partition coefficient (Wildman–Crippen LogP) is 1.18. The third-order valence-corrected chi connectivity index (χ3v) is 3.36. The first kappa shape index (κ1) is 14.4. The number of anilines is 1. The van der Waals surface area contributed by atoms with Gasteiger partial charge in [-0.3, -0.25) is 9.59 Å². The average Bonchev–Trinajstić information content (AvgIpc) is 2.38. The van der Waals surface area contributed by atoms with Gasteiger partial charge in [-0.15, -0.1) is 0 Å². The van der Waals surface area contributed by atoms with Gasteiger partial charge in [-0.25, -0.2) is 0 Å². The van der Waals surface area contributed by atoms with Crippen molar-refractivity contribution in [3.05, 3.63) is 29.3 Å². The molecule has 1 aromatic carbocycles. The molecule has 0 spiro atoms. The van der Waals surface area contributed by atoms with Gasteiger partial charge in [0.25, 0.3) is 5.91 Å². The molecule has 1 aliphatic heterocycles. The van der Waals surface area contributed by atoms with Crippen LogP contribution in [-0.4, -0.2) is 35.8 Å². The zero-order valence-electron chi connectivity index (χ0n) is 12.0. The van der Waals surface area contributed by atoms with Crippen LogP contribution in [0.3, 0.4) is 0 Å². The van der Waals surface area contributed by atoms with Crippen LogP contribution in [0.25, 0.3) is 0 Å². The van der Waals surface area contributed by atoms with E-state index < -0.39 is 0 Å². The van der Waals surface area contributed by atoms with Crippen molar-refractivity contribution in [2.24, 2.45) is 0 Å². The molecule has 0 fully saturated rings. The van der Waals surface area contributed by atoms with Crippen molar-refractivity contribution < 1.29 is 9.59 Å². The van der Waals surface area contributed by atoms with E-state index in [1.165, 1.54) is 0 Å². The van der Waals surface area contributed by atoms with Crippen LogP contribution < -0.4 is 11.1 Å². The Bertz CT molecular complexity index is 526. The van der Waals surface area contributed by atoms with Crippen LogP contribution in [0.2, 0.25) is 0 Å². The molecule has 3 N–H and O–H groups in total. The molecule has 1 aromatic rings. The second kappa shape index (κ2) is 5.94. The summed E-state index contributed by atoms with van der Waals surface area (Å²) in [5.74, 6) is -0.0536. The van der Waals surface area contributed by atoms with Gasteiger partial charge < -0.3 is 16.0 Å². The van der Waals surface area contributed by atoms with Gasteiger partial charge >= 0.3 is 0 Å². The molecule has 5 heteroatoms. The molecular formula is C15H21N3O2.